The Morgan fingerprint density at radius 1 is 1.13 bits per heavy atom. The molecule has 274 valence electrons. The number of amides is 3. The van der Waals surface area contributed by atoms with Crippen molar-refractivity contribution in [3.8, 4) is 11.8 Å². The van der Waals surface area contributed by atoms with E-state index >= 15 is 0 Å². The van der Waals surface area contributed by atoms with Crippen molar-refractivity contribution in [3.63, 3.8) is 0 Å². The van der Waals surface area contributed by atoms with Gasteiger partial charge in [-0.3, -0.25) is 38.7 Å². The first-order chi connectivity index (χ1) is 25.4. The van der Waals surface area contributed by atoms with Crippen LogP contribution in [0.4, 0.5) is 5.69 Å². The SMILES string of the molecule is CN(CC#Cc1cccc2c1n(C)c(=O)n2C1CCC(=O)NC1=O)C[C@H]1CC[C@H](c2nc3cc(C(C)(C)O)c(NC(=O)c4cnccn4)cc3s2)CC1. The molecule has 13 nitrogen and oxygen atoms in total. The molecule has 1 aliphatic carbocycles. The Labute approximate surface area is 310 Å². The number of nitrogens with one attached hydrogen (secondary N) is 2. The average Bonchev–Trinajstić information content (AvgIpc) is 3.66. The molecule has 1 aliphatic heterocycles. The molecule has 3 amide bonds. The number of rotatable bonds is 8. The number of benzene rings is 2. The highest BCUT2D eigenvalue weighted by atomic mass is 32.1. The number of imide groups is 1. The number of imidazole rings is 1. The van der Waals surface area contributed by atoms with Crippen LogP contribution in [-0.2, 0) is 22.2 Å². The second-order valence-corrected chi connectivity index (χ2v) is 15.7. The Morgan fingerprint density at radius 2 is 1.92 bits per heavy atom. The van der Waals surface area contributed by atoms with Crippen molar-refractivity contribution in [2.75, 3.05) is 25.5 Å². The number of para-hydroxylation sites is 1. The van der Waals surface area contributed by atoms with E-state index in [0.29, 0.717) is 46.2 Å². The lowest BCUT2D eigenvalue weighted by atomic mass is 9.82. The van der Waals surface area contributed by atoms with E-state index in [1.165, 1.54) is 27.7 Å². The van der Waals surface area contributed by atoms with E-state index in [1.54, 1.807) is 32.2 Å². The molecule has 2 aromatic carbocycles. The lowest BCUT2D eigenvalue weighted by Gasteiger charge is -2.29. The molecule has 1 saturated heterocycles. The topological polar surface area (TPSA) is 164 Å². The normalized spacial score (nSPS) is 19.3. The molecule has 0 bridgehead atoms. The molecule has 3 N–H and O–H groups in total. The fourth-order valence-corrected chi connectivity index (χ4v) is 8.67. The first-order valence-corrected chi connectivity index (χ1v) is 18.6. The van der Waals surface area contributed by atoms with Crippen molar-refractivity contribution >= 4 is 56.0 Å². The number of aliphatic hydroxyl groups is 1. The maximum Gasteiger partial charge on any atom is 0.329 e. The zero-order valence-electron chi connectivity index (χ0n) is 30.2. The highest BCUT2D eigenvalue weighted by molar-refractivity contribution is 7.18. The molecule has 1 unspecified atom stereocenters. The average molecular weight is 735 g/mol. The van der Waals surface area contributed by atoms with Crippen LogP contribution in [0.1, 0.15) is 91.0 Å². The standard InChI is InChI=1S/C39H42N8O5S/c1-39(2,52)26-19-28-32(20-27(26)42-35(49)29-21-40-16-17-41-29)53-37(43-28)25-12-10-23(11-13-25)22-45(3)18-6-8-24-7-5-9-30-34(24)46(4)38(51)47(30)31-14-15-33(48)44-36(31)50/h5,7,9,16-17,19-21,23,25,31,52H,10-15,18,22H2,1-4H3,(H,42,49)(H,44,48,50)/t23-,25-,31?. The van der Waals surface area contributed by atoms with Crippen LogP contribution in [0.15, 0.2) is 53.7 Å². The third kappa shape index (κ3) is 7.50. The molecule has 14 heteroatoms. The summed E-state index contributed by atoms with van der Waals surface area (Å²) in [7, 11) is 3.76. The maximum absolute atomic E-state index is 13.2. The number of hydrogen-bond acceptors (Lipinski definition) is 10. The van der Waals surface area contributed by atoms with Gasteiger partial charge in [0.1, 0.15) is 11.7 Å². The molecule has 5 aromatic rings. The summed E-state index contributed by atoms with van der Waals surface area (Å²) in [6.45, 7) is 4.86. The monoisotopic (exact) mass is 734 g/mol. The van der Waals surface area contributed by atoms with Crippen molar-refractivity contribution in [2.45, 2.75) is 69.9 Å². The first-order valence-electron chi connectivity index (χ1n) is 17.8. The lowest BCUT2D eigenvalue weighted by molar-refractivity contribution is -0.135. The van der Waals surface area contributed by atoms with Gasteiger partial charge in [0, 0.05) is 49.6 Å². The minimum Gasteiger partial charge on any atom is -0.386 e. The van der Waals surface area contributed by atoms with Crippen LogP contribution in [0.5, 0.6) is 0 Å². The quantitative estimate of drug-likeness (QED) is 0.154. The minimum atomic E-state index is -1.20. The van der Waals surface area contributed by atoms with Crippen LogP contribution in [0.3, 0.4) is 0 Å². The number of carbonyl (C=O) groups excluding carboxylic acids is 3. The third-order valence-electron chi connectivity index (χ3n) is 10.2. The van der Waals surface area contributed by atoms with Gasteiger partial charge in [-0.15, -0.1) is 11.3 Å². The van der Waals surface area contributed by atoms with Crippen LogP contribution >= 0.6 is 11.3 Å². The molecule has 0 radical (unpaired) electrons. The fourth-order valence-electron chi connectivity index (χ4n) is 7.51. The number of hydrogen-bond donors (Lipinski definition) is 3. The second kappa shape index (κ2) is 14.7. The molecule has 2 aliphatic rings. The fraction of sp³-hybridized carbons (Fsp3) is 0.410. The number of nitrogens with zero attached hydrogens (tertiary/aromatic N) is 6. The van der Waals surface area contributed by atoms with Gasteiger partial charge in [-0.2, -0.15) is 0 Å². The summed E-state index contributed by atoms with van der Waals surface area (Å²) in [5.41, 5.74) is 2.61. The third-order valence-corrected chi connectivity index (χ3v) is 11.4. The molecule has 7 rings (SSSR count). The van der Waals surface area contributed by atoms with Crippen LogP contribution < -0.4 is 16.3 Å². The highest BCUT2D eigenvalue weighted by Gasteiger charge is 2.32. The van der Waals surface area contributed by atoms with Crippen molar-refractivity contribution < 1.29 is 19.5 Å². The minimum absolute atomic E-state index is 0.190. The summed E-state index contributed by atoms with van der Waals surface area (Å²) < 4.78 is 3.96. The Bertz CT molecular complexity index is 2340. The lowest BCUT2D eigenvalue weighted by Crippen LogP contribution is -2.44. The van der Waals surface area contributed by atoms with Gasteiger partial charge in [0.05, 0.1) is 50.2 Å². The van der Waals surface area contributed by atoms with Gasteiger partial charge in [0.2, 0.25) is 11.8 Å². The van der Waals surface area contributed by atoms with Crippen molar-refractivity contribution in [1.82, 2.24) is 34.3 Å². The Kier molecular flexibility index (Phi) is 9.99. The predicted molar refractivity (Wildman–Crippen MR) is 203 cm³/mol. The van der Waals surface area contributed by atoms with E-state index in [9.17, 15) is 24.3 Å². The number of aryl methyl sites for hydroxylation is 1. The molecule has 3 aromatic heterocycles. The Balaban J connectivity index is 0.985. The van der Waals surface area contributed by atoms with Gasteiger partial charge in [0.15, 0.2) is 0 Å². The zero-order valence-corrected chi connectivity index (χ0v) is 31.0. The van der Waals surface area contributed by atoms with Gasteiger partial charge < -0.3 is 10.4 Å². The van der Waals surface area contributed by atoms with E-state index in [-0.39, 0.29) is 30.1 Å². The van der Waals surface area contributed by atoms with Gasteiger partial charge in [-0.05, 0) is 83.2 Å². The summed E-state index contributed by atoms with van der Waals surface area (Å²) in [5.74, 6) is 6.26. The molecule has 0 spiro atoms. The van der Waals surface area contributed by atoms with Gasteiger partial charge >= 0.3 is 5.69 Å². The van der Waals surface area contributed by atoms with Gasteiger partial charge in [-0.1, -0.05) is 17.9 Å². The molecular formula is C39H42N8O5S. The van der Waals surface area contributed by atoms with Gasteiger partial charge in [-0.25, -0.2) is 14.8 Å². The molecule has 1 saturated carbocycles. The smallest absolute Gasteiger partial charge is 0.329 e. The first kappa shape index (κ1) is 36.1. The molecule has 4 heterocycles. The van der Waals surface area contributed by atoms with Crippen LogP contribution in [0, 0.1) is 17.8 Å². The van der Waals surface area contributed by atoms with Crippen molar-refractivity contribution in [3.05, 3.63) is 81.2 Å². The van der Waals surface area contributed by atoms with Crippen LogP contribution in [-0.4, -0.2) is 72.0 Å². The number of aromatic nitrogens is 5. The number of thiazole rings is 1. The molecular weight excluding hydrogens is 693 g/mol. The summed E-state index contributed by atoms with van der Waals surface area (Å²) in [4.78, 5) is 65.7. The summed E-state index contributed by atoms with van der Waals surface area (Å²) >= 11 is 1.64. The van der Waals surface area contributed by atoms with E-state index in [1.807, 2.05) is 30.3 Å². The highest BCUT2D eigenvalue weighted by Crippen LogP contribution is 2.41. The maximum atomic E-state index is 13.2. The van der Waals surface area contributed by atoms with Crippen LogP contribution in [0.25, 0.3) is 21.3 Å². The van der Waals surface area contributed by atoms with Crippen molar-refractivity contribution in [2.24, 2.45) is 13.0 Å². The van der Waals surface area contributed by atoms with E-state index < -0.39 is 23.5 Å². The number of piperidine rings is 1. The number of carbonyl (C=O) groups is 3. The Hall–Kier alpha value is -5.23. The van der Waals surface area contributed by atoms with E-state index in [2.05, 4.69) is 44.4 Å². The predicted octanol–water partition coefficient (Wildman–Crippen LogP) is 4.45. The van der Waals surface area contributed by atoms with Crippen LogP contribution in [0.2, 0.25) is 0 Å². The van der Waals surface area contributed by atoms with E-state index in [4.69, 9.17) is 4.98 Å². The largest absolute Gasteiger partial charge is 0.386 e. The van der Waals surface area contributed by atoms with Crippen molar-refractivity contribution in [1.29, 1.82) is 0 Å². The second-order valence-electron chi connectivity index (χ2n) is 14.6. The zero-order chi connectivity index (χ0) is 37.4. The number of anilines is 1. The number of fused-ring (bicyclic) bond motifs is 2. The molecule has 53 heavy (non-hydrogen) atoms. The van der Waals surface area contributed by atoms with E-state index in [0.717, 1.165) is 47.5 Å². The summed E-state index contributed by atoms with van der Waals surface area (Å²) in [5, 5.41) is 17.3. The molecule has 2 fully saturated rings. The Morgan fingerprint density at radius 3 is 2.64 bits per heavy atom. The summed E-state index contributed by atoms with van der Waals surface area (Å²) in [6.07, 6.45) is 9.05. The summed E-state index contributed by atoms with van der Waals surface area (Å²) in [6, 6.07) is 8.57. The molecule has 1 atom stereocenters. The van der Waals surface area contributed by atoms with Gasteiger partial charge in [0.25, 0.3) is 5.91 Å².